The molecule has 1 heterocycles. The summed E-state index contributed by atoms with van der Waals surface area (Å²) in [4.78, 5) is 6.39. The number of nitrogens with two attached hydrogens (primary N) is 1. The Bertz CT molecular complexity index is 431. The molecule has 0 radical (unpaired) electrons. The second-order valence-electron chi connectivity index (χ2n) is 4.17. The Balaban J connectivity index is 2.76. The predicted molar refractivity (Wildman–Crippen MR) is 74.8 cm³/mol. The van der Waals surface area contributed by atoms with Gasteiger partial charge in [-0.2, -0.15) is 0 Å². The van der Waals surface area contributed by atoms with Gasteiger partial charge in [-0.1, -0.05) is 19.0 Å². The number of hydrogen-bond donors (Lipinski definition) is 2. The minimum Gasteiger partial charge on any atom is -0.476 e. The molecule has 19 heavy (non-hydrogen) atoms. The van der Waals surface area contributed by atoms with Crippen molar-refractivity contribution in [2.75, 3.05) is 26.2 Å². The van der Waals surface area contributed by atoms with E-state index in [9.17, 15) is 0 Å². The van der Waals surface area contributed by atoms with Crippen LogP contribution in [0.15, 0.2) is 17.4 Å². The van der Waals surface area contributed by atoms with Gasteiger partial charge in [-0.3, -0.25) is 0 Å². The molecule has 106 valence electrons. The zero-order valence-electron chi connectivity index (χ0n) is 11.8. The Morgan fingerprint density at radius 2 is 2.16 bits per heavy atom. The topological polar surface area (TPSA) is 84.0 Å². The van der Waals surface area contributed by atoms with E-state index in [1.165, 1.54) is 0 Å². The number of likely N-dealkylation sites (N-methyl/N-ethyl adjacent to an activating group) is 1. The van der Waals surface area contributed by atoms with Crippen molar-refractivity contribution >= 4 is 5.84 Å². The highest BCUT2D eigenvalue weighted by molar-refractivity contribution is 6.00. The molecule has 0 saturated heterocycles. The molecule has 0 aliphatic heterocycles. The summed E-state index contributed by atoms with van der Waals surface area (Å²) >= 11 is 0. The SMILES string of the molecule is CCN(CC)CCOc1nccc(C)c1/C(N)=N/O. The monoisotopic (exact) mass is 266 g/mol. The molecular formula is C13H22N4O2. The molecular weight excluding hydrogens is 244 g/mol. The summed E-state index contributed by atoms with van der Waals surface area (Å²) in [5, 5.41) is 11.8. The Labute approximate surface area is 113 Å². The molecule has 1 aromatic rings. The molecule has 3 N–H and O–H groups in total. The zero-order valence-corrected chi connectivity index (χ0v) is 11.8. The van der Waals surface area contributed by atoms with Gasteiger partial charge < -0.3 is 20.6 Å². The lowest BCUT2D eigenvalue weighted by Crippen LogP contribution is -2.28. The van der Waals surface area contributed by atoms with E-state index in [4.69, 9.17) is 15.7 Å². The number of hydrogen-bond acceptors (Lipinski definition) is 5. The van der Waals surface area contributed by atoms with Crippen LogP contribution in [-0.4, -0.2) is 47.2 Å². The third-order valence-corrected chi connectivity index (χ3v) is 3.03. The van der Waals surface area contributed by atoms with Crippen LogP contribution in [0.2, 0.25) is 0 Å². The van der Waals surface area contributed by atoms with E-state index in [1.54, 1.807) is 12.3 Å². The van der Waals surface area contributed by atoms with E-state index in [-0.39, 0.29) is 5.84 Å². The predicted octanol–water partition coefficient (Wildman–Crippen LogP) is 1.21. The van der Waals surface area contributed by atoms with Crippen LogP contribution in [-0.2, 0) is 0 Å². The highest BCUT2D eigenvalue weighted by Gasteiger charge is 2.13. The van der Waals surface area contributed by atoms with Crippen molar-refractivity contribution in [2.45, 2.75) is 20.8 Å². The van der Waals surface area contributed by atoms with E-state index >= 15 is 0 Å². The maximum Gasteiger partial charge on any atom is 0.224 e. The van der Waals surface area contributed by atoms with Gasteiger partial charge in [0.1, 0.15) is 6.61 Å². The fourth-order valence-corrected chi connectivity index (χ4v) is 1.82. The maximum absolute atomic E-state index is 8.80. The summed E-state index contributed by atoms with van der Waals surface area (Å²) in [6, 6.07) is 1.80. The number of aromatic nitrogens is 1. The molecule has 6 nitrogen and oxygen atoms in total. The van der Waals surface area contributed by atoms with Crippen LogP contribution in [0.1, 0.15) is 25.0 Å². The van der Waals surface area contributed by atoms with Gasteiger partial charge in [-0.15, -0.1) is 0 Å². The number of rotatable bonds is 7. The Morgan fingerprint density at radius 1 is 1.47 bits per heavy atom. The maximum atomic E-state index is 8.80. The van der Waals surface area contributed by atoms with Crippen LogP contribution in [0.5, 0.6) is 5.88 Å². The van der Waals surface area contributed by atoms with Crippen LogP contribution in [0, 0.1) is 6.92 Å². The van der Waals surface area contributed by atoms with Crippen molar-refractivity contribution in [3.63, 3.8) is 0 Å². The number of nitrogens with zero attached hydrogens (tertiary/aromatic N) is 3. The third kappa shape index (κ3) is 4.10. The van der Waals surface area contributed by atoms with Crippen molar-refractivity contribution in [1.29, 1.82) is 0 Å². The number of pyridine rings is 1. The summed E-state index contributed by atoms with van der Waals surface area (Å²) in [7, 11) is 0. The molecule has 1 rings (SSSR count). The molecule has 0 bridgehead atoms. The number of ether oxygens (including phenoxy) is 1. The number of aryl methyl sites for hydroxylation is 1. The number of amidine groups is 1. The van der Waals surface area contributed by atoms with Crippen LogP contribution in [0.3, 0.4) is 0 Å². The quantitative estimate of drug-likeness (QED) is 0.335. The van der Waals surface area contributed by atoms with Crippen molar-refractivity contribution in [2.24, 2.45) is 10.9 Å². The second kappa shape index (κ2) is 7.58. The van der Waals surface area contributed by atoms with Gasteiger partial charge >= 0.3 is 0 Å². The molecule has 0 amide bonds. The molecule has 1 aromatic heterocycles. The molecule has 0 aliphatic carbocycles. The Morgan fingerprint density at radius 3 is 2.74 bits per heavy atom. The summed E-state index contributed by atoms with van der Waals surface area (Å²) in [6.07, 6.45) is 1.65. The average Bonchev–Trinajstić information content (AvgIpc) is 2.43. The summed E-state index contributed by atoms with van der Waals surface area (Å²) in [6.45, 7) is 9.38. The van der Waals surface area contributed by atoms with Crippen molar-refractivity contribution < 1.29 is 9.94 Å². The lowest BCUT2D eigenvalue weighted by molar-refractivity contribution is 0.217. The standard InChI is InChI=1S/C13H22N4O2/c1-4-17(5-2)8-9-19-13-11(12(14)16-18)10(3)6-7-15-13/h6-7,18H,4-5,8-9H2,1-3H3,(H2,14,16). The lowest BCUT2D eigenvalue weighted by Gasteiger charge is -2.18. The minimum atomic E-state index is 0.0171. The van der Waals surface area contributed by atoms with Crippen LogP contribution >= 0.6 is 0 Å². The van der Waals surface area contributed by atoms with Gasteiger partial charge in [0.2, 0.25) is 5.88 Å². The molecule has 0 spiro atoms. The van der Waals surface area contributed by atoms with Crippen molar-refractivity contribution in [3.8, 4) is 5.88 Å². The minimum absolute atomic E-state index is 0.0171. The Kier molecular flexibility index (Phi) is 6.08. The van der Waals surface area contributed by atoms with Gasteiger partial charge in [0.05, 0.1) is 5.56 Å². The van der Waals surface area contributed by atoms with Crippen LogP contribution in [0.4, 0.5) is 0 Å². The van der Waals surface area contributed by atoms with Crippen molar-refractivity contribution in [1.82, 2.24) is 9.88 Å². The Hall–Kier alpha value is -1.82. The average molecular weight is 266 g/mol. The summed E-state index contributed by atoms with van der Waals surface area (Å²) in [5.41, 5.74) is 7.06. The van der Waals surface area contributed by atoms with E-state index in [0.29, 0.717) is 18.1 Å². The normalized spacial score (nSPS) is 11.9. The van der Waals surface area contributed by atoms with Crippen LogP contribution < -0.4 is 10.5 Å². The smallest absolute Gasteiger partial charge is 0.224 e. The van der Waals surface area contributed by atoms with E-state index in [2.05, 4.69) is 28.9 Å². The van der Waals surface area contributed by atoms with Gasteiger partial charge in [0, 0.05) is 12.7 Å². The van der Waals surface area contributed by atoms with Gasteiger partial charge in [-0.25, -0.2) is 4.98 Å². The molecule has 0 saturated carbocycles. The first-order valence-corrected chi connectivity index (χ1v) is 6.42. The fraction of sp³-hybridized carbons (Fsp3) is 0.538. The van der Waals surface area contributed by atoms with E-state index < -0.39 is 0 Å². The summed E-state index contributed by atoms with van der Waals surface area (Å²) in [5.74, 6) is 0.422. The van der Waals surface area contributed by atoms with E-state index in [0.717, 1.165) is 25.2 Å². The number of oxime groups is 1. The molecule has 0 aliphatic rings. The first-order chi connectivity index (χ1) is 9.13. The molecule has 0 aromatic carbocycles. The van der Waals surface area contributed by atoms with Gasteiger partial charge in [0.25, 0.3) is 0 Å². The zero-order chi connectivity index (χ0) is 14.3. The molecule has 0 atom stereocenters. The first kappa shape index (κ1) is 15.2. The molecule has 0 unspecified atom stereocenters. The molecule has 0 fully saturated rings. The highest BCUT2D eigenvalue weighted by atomic mass is 16.5. The highest BCUT2D eigenvalue weighted by Crippen LogP contribution is 2.18. The van der Waals surface area contributed by atoms with E-state index in [1.807, 2.05) is 6.92 Å². The first-order valence-electron chi connectivity index (χ1n) is 6.42. The van der Waals surface area contributed by atoms with Crippen molar-refractivity contribution in [3.05, 3.63) is 23.4 Å². The second-order valence-corrected chi connectivity index (χ2v) is 4.17. The summed E-state index contributed by atoms with van der Waals surface area (Å²) < 4.78 is 5.65. The van der Waals surface area contributed by atoms with Crippen LogP contribution in [0.25, 0.3) is 0 Å². The van der Waals surface area contributed by atoms with Gasteiger partial charge in [-0.05, 0) is 31.6 Å². The fourth-order valence-electron chi connectivity index (χ4n) is 1.82. The van der Waals surface area contributed by atoms with Gasteiger partial charge in [0.15, 0.2) is 5.84 Å². The molecule has 6 heteroatoms. The largest absolute Gasteiger partial charge is 0.476 e. The third-order valence-electron chi connectivity index (χ3n) is 3.03. The lowest BCUT2D eigenvalue weighted by atomic mass is 10.1.